The zero-order valence-corrected chi connectivity index (χ0v) is 8.57. The topological polar surface area (TPSA) is 66.6 Å². The SMILES string of the molecule is CCN(CC)c1c(C(=O)O)noc1C. The van der Waals surface area contributed by atoms with Crippen LogP contribution in [0, 0.1) is 6.92 Å². The van der Waals surface area contributed by atoms with E-state index in [0.29, 0.717) is 11.4 Å². The fraction of sp³-hybridized carbons (Fsp3) is 0.556. The number of anilines is 1. The minimum absolute atomic E-state index is 0.00815. The lowest BCUT2D eigenvalue weighted by Gasteiger charge is -2.19. The highest BCUT2D eigenvalue weighted by Crippen LogP contribution is 2.24. The maximum Gasteiger partial charge on any atom is 0.360 e. The van der Waals surface area contributed by atoms with Gasteiger partial charge < -0.3 is 14.5 Å². The van der Waals surface area contributed by atoms with Crippen molar-refractivity contribution in [2.24, 2.45) is 0 Å². The van der Waals surface area contributed by atoms with Gasteiger partial charge in [-0.05, 0) is 20.8 Å². The molecule has 0 aromatic carbocycles. The second kappa shape index (κ2) is 4.13. The van der Waals surface area contributed by atoms with Gasteiger partial charge >= 0.3 is 5.97 Å². The third kappa shape index (κ3) is 1.71. The van der Waals surface area contributed by atoms with Gasteiger partial charge in [0.25, 0.3) is 0 Å². The lowest BCUT2D eigenvalue weighted by atomic mass is 10.2. The fourth-order valence-corrected chi connectivity index (χ4v) is 1.42. The van der Waals surface area contributed by atoms with Gasteiger partial charge in [0.15, 0.2) is 5.76 Å². The molecular weight excluding hydrogens is 184 g/mol. The van der Waals surface area contributed by atoms with Crippen molar-refractivity contribution in [1.29, 1.82) is 0 Å². The molecule has 0 aliphatic rings. The zero-order chi connectivity index (χ0) is 10.7. The summed E-state index contributed by atoms with van der Waals surface area (Å²) in [5.41, 5.74) is 0.578. The summed E-state index contributed by atoms with van der Waals surface area (Å²) in [6.07, 6.45) is 0. The molecule has 1 aromatic rings. The number of aromatic carboxylic acids is 1. The Morgan fingerprint density at radius 1 is 1.50 bits per heavy atom. The highest BCUT2D eigenvalue weighted by Gasteiger charge is 2.22. The van der Waals surface area contributed by atoms with E-state index >= 15 is 0 Å². The molecule has 0 spiro atoms. The predicted octanol–water partition coefficient (Wildman–Crippen LogP) is 1.53. The summed E-state index contributed by atoms with van der Waals surface area (Å²) in [6, 6.07) is 0. The van der Waals surface area contributed by atoms with Crippen molar-refractivity contribution >= 4 is 11.7 Å². The van der Waals surface area contributed by atoms with Crippen molar-refractivity contribution in [3.8, 4) is 0 Å². The molecular formula is C9H14N2O3. The lowest BCUT2D eigenvalue weighted by molar-refractivity contribution is 0.0686. The molecule has 1 N–H and O–H groups in total. The van der Waals surface area contributed by atoms with E-state index in [1.165, 1.54) is 0 Å². The van der Waals surface area contributed by atoms with E-state index in [9.17, 15) is 4.79 Å². The van der Waals surface area contributed by atoms with Crippen LogP contribution in [0.3, 0.4) is 0 Å². The van der Waals surface area contributed by atoms with Gasteiger partial charge in [0, 0.05) is 13.1 Å². The molecule has 1 heterocycles. The molecule has 0 radical (unpaired) electrons. The number of carboxylic acids is 1. The average Bonchev–Trinajstić information content (AvgIpc) is 2.51. The van der Waals surface area contributed by atoms with Crippen molar-refractivity contribution in [3.63, 3.8) is 0 Å². The summed E-state index contributed by atoms with van der Waals surface area (Å²) in [6.45, 7) is 7.11. The molecule has 5 heteroatoms. The van der Waals surface area contributed by atoms with Crippen LogP contribution in [0.25, 0.3) is 0 Å². The predicted molar refractivity (Wildman–Crippen MR) is 51.8 cm³/mol. The molecule has 5 nitrogen and oxygen atoms in total. The molecule has 0 saturated heterocycles. The van der Waals surface area contributed by atoms with Gasteiger partial charge in [0.2, 0.25) is 5.69 Å². The third-order valence-corrected chi connectivity index (χ3v) is 2.11. The van der Waals surface area contributed by atoms with Crippen LogP contribution in [0.4, 0.5) is 5.69 Å². The van der Waals surface area contributed by atoms with Crippen molar-refractivity contribution < 1.29 is 14.4 Å². The van der Waals surface area contributed by atoms with Crippen LogP contribution in [-0.4, -0.2) is 29.3 Å². The number of hydrogen-bond donors (Lipinski definition) is 1. The number of carboxylic acid groups (broad SMARTS) is 1. The molecule has 0 fully saturated rings. The first kappa shape index (κ1) is 10.6. The van der Waals surface area contributed by atoms with Crippen molar-refractivity contribution in [1.82, 2.24) is 5.16 Å². The first-order chi connectivity index (χ1) is 6.61. The van der Waals surface area contributed by atoms with E-state index in [2.05, 4.69) is 5.16 Å². The van der Waals surface area contributed by atoms with E-state index in [0.717, 1.165) is 13.1 Å². The molecule has 78 valence electrons. The minimum Gasteiger partial charge on any atom is -0.476 e. The van der Waals surface area contributed by atoms with E-state index in [1.54, 1.807) is 6.92 Å². The van der Waals surface area contributed by atoms with Crippen LogP contribution in [0.15, 0.2) is 4.52 Å². The second-order valence-electron chi connectivity index (χ2n) is 2.91. The molecule has 0 aliphatic heterocycles. The quantitative estimate of drug-likeness (QED) is 0.794. The Morgan fingerprint density at radius 3 is 2.50 bits per heavy atom. The fourth-order valence-electron chi connectivity index (χ4n) is 1.42. The average molecular weight is 198 g/mol. The number of aromatic nitrogens is 1. The second-order valence-corrected chi connectivity index (χ2v) is 2.91. The van der Waals surface area contributed by atoms with Gasteiger partial charge in [0.05, 0.1) is 0 Å². The molecule has 0 saturated carbocycles. The van der Waals surface area contributed by atoms with Crippen LogP contribution in [-0.2, 0) is 0 Å². The summed E-state index contributed by atoms with van der Waals surface area (Å²) in [7, 11) is 0. The van der Waals surface area contributed by atoms with Crippen LogP contribution >= 0.6 is 0 Å². The van der Waals surface area contributed by atoms with Gasteiger partial charge in [-0.15, -0.1) is 0 Å². The van der Waals surface area contributed by atoms with Crippen molar-refractivity contribution in [2.45, 2.75) is 20.8 Å². The number of nitrogens with zero attached hydrogens (tertiary/aromatic N) is 2. The Bertz CT molecular complexity index is 329. The number of hydrogen-bond acceptors (Lipinski definition) is 4. The molecule has 0 aliphatic carbocycles. The molecule has 1 rings (SSSR count). The maximum absolute atomic E-state index is 10.8. The Kier molecular flexibility index (Phi) is 3.11. The van der Waals surface area contributed by atoms with Crippen molar-refractivity contribution in [2.75, 3.05) is 18.0 Å². The Morgan fingerprint density at radius 2 is 2.07 bits per heavy atom. The zero-order valence-electron chi connectivity index (χ0n) is 8.57. The van der Waals surface area contributed by atoms with Crippen LogP contribution in [0.1, 0.15) is 30.1 Å². The van der Waals surface area contributed by atoms with Crippen LogP contribution < -0.4 is 4.90 Å². The highest BCUT2D eigenvalue weighted by atomic mass is 16.5. The van der Waals surface area contributed by atoms with E-state index in [1.807, 2.05) is 18.7 Å². The van der Waals surface area contributed by atoms with Crippen LogP contribution in [0.5, 0.6) is 0 Å². The van der Waals surface area contributed by atoms with E-state index in [-0.39, 0.29) is 5.69 Å². The van der Waals surface area contributed by atoms with Gasteiger partial charge in [-0.1, -0.05) is 5.16 Å². The maximum atomic E-state index is 10.8. The highest BCUT2D eigenvalue weighted by molar-refractivity contribution is 5.92. The molecule has 14 heavy (non-hydrogen) atoms. The number of rotatable bonds is 4. The molecule has 1 aromatic heterocycles. The molecule has 0 atom stereocenters. The van der Waals surface area contributed by atoms with E-state index < -0.39 is 5.97 Å². The molecule has 0 bridgehead atoms. The van der Waals surface area contributed by atoms with Gasteiger partial charge in [-0.25, -0.2) is 4.79 Å². The monoisotopic (exact) mass is 198 g/mol. The Balaban J connectivity index is 3.15. The number of aryl methyl sites for hydroxylation is 1. The smallest absolute Gasteiger partial charge is 0.360 e. The normalized spacial score (nSPS) is 10.2. The summed E-state index contributed by atoms with van der Waals surface area (Å²) >= 11 is 0. The Hall–Kier alpha value is -1.52. The third-order valence-electron chi connectivity index (χ3n) is 2.11. The lowest BCUT2D eigenvalue weighted by Crippen LogP contribution is -2.24. The standard InChI is InChI=1S/C9H14N2O3/c1-4-11(5-2)8-6(3)14-10-7(8)9(12)13/h4-5H2,1-3H3,(H,12,13). The van der Waals surface area contributed by atoms with Crippen LogP contribution in [0.2, 0.25) is 0 Å². The minimum atomic E-state index is -1.05. The van der Waals surface area contributed by atoms with Crippen molar-refractivity contribution in [3.05, 3.63) is 11.5 Å². The number of carbonyl (C=O) groups is 1. The molecule has 0 unspecified atom stereocenters. The summed E-state index contributed by atoms with van der Waals surface area (Å²) < 4.78 is 4.87. The van der Waals surface area contributed by atoms with Gasteiger partial charge in [-0.3, -0.25) is 0 Å². The van der Waals surface area contributed by atoms with Gasteiger partial charge in [0.1, 0.15) is 5.69 Å². The largest absolute Gasteiger partial charge is 0.476 e. The van der Waals surface area contributed by atoms with Gasteiger partial charge in [-0.2, -0.15) is 0 Å². The first-order valence-electron chi connectivity index (χ1n) is 4.56. The first-order valence-corrected chi connectivity index (χ1v) is 4.56. The summed E-state index contributed by atoms with van der Waals surface area (Å²) in [4.78, 5) is 12.7. The molecule has 0 amide bonds. The van der Waals surface area contributed by atoms with E-state index in [4.69, 9.17) is 9.63 Å². The summed E-state index contributed by atoms with van der Waals surface area (Å²) in [5.74, 6) is -0.505. The Labute approximate surface area is 82.3 Å². The summed E-state index contributed by atoms with van der Waals surface area (Å²) in [5, 5.41) is 12.4.